The Morgan fingerprint density at radius 3 is 2.52 bits per heavy atom. The number of hydrogen-bond acceptors (Lipinski definition) is 6. The van der Waals surface area contributed by atoms with Crippen molar-refractivity contribution in [2.45, 2.75) is 26.8 Å². The van der Waals surface area contributed by atoms with Crippen molar-refractivity contribution in [1.29, 1.82) is 0 Å². The van der Waals surface area contributed by atoms with Crippen LogP contribution in [0.2, 0.25) is 0 Å². The maximum absolute atomic E-state index is 12.3. The van der Waals surface area contributed by atoms with E-state index in [1.165, 1.54) is 12.0 Å². The zero-order valence-corrected chi connectivity index (χ0v) is 14.8. The number of benzene rings is 1. The van der Waals surface area contributed by atoms with Crippen LogP contribution in [-0.4, -0.2) is 35.8 Å². The Hall–Kier alpha value is -3.03. The molecule has 2 aromatic rings. The summed E-state index contributed by atoms with van der Waals surface area (Å²) in [5.41, 5.74) is 1.83. The third-order valence-electron chi connectivity index (χ3n) is 3.61. The summed E-state index contributed by atoms with van der Waals surface area (Å²) in [6, 6.07) is 9.28. The molecule has 2 rings (SSSR count). The first-order chi connectivity index (χ1) is 12.0. The number of methoxy groups -OCH3 is 1. The van der Waals surface area contributed by atoms with Gasteiger partial charge in [-0.05, 0) is 26.0 Å². The van der Waals surface area contributed by atoms with Crippen molar-refractivity contribution in [1.82, 2.24) is 9.78 Å². The van der Waals surface area contributed by atoms with E-state index < -0.39 is 11.9 Å². The zero-order chi connectivity index (χ0) is 18.4. The maximum Gasteiger partial charge on any atom is 0.315 e. The van der Waals surface area contributed by atoms with Gasteiger partial charge in [-0.15, -0.1) is 5.11 Å². The van der Waals surface area contributed by atoms with E-state index in [-0.39, 0.29) is 6.42 Å². The average Bonchev–Trinajstić information content (AvgIpc) is 2.95. The minimum Gasteiger partial charge on any atom is -0.469 e. The third-order valence-corrected chi connectivity index (χ3v) is 3.61. The molecule has 0 aliphatic carbocycles. The Kier molecular flexibility index (Phi) is 5.99. The number of ether oxygens (including phenoxy) is 1. The first-order valence-electron chi connectivity index (χ1n) is 7.85. The summed E-state index contributed by atoms with van der Waals surface area (Å²) < 4.78 is 6.21. The summed E-state index contributed by atoms with van der Waals surface area (Å²) in [5.74, 6) is -0.505. The molecule has 1 aromatic heterocycles. The van der Waals surface area contributed by atoms with E-state index in [4.69, 9.17) is 0 Å². The second kappa shape index (κ2) is 8.18. The fraction of sp³-hybridized carbons (Fsp3) is 0.353. The first-order valence-corrected chi connectivity index (χ1v) is 7.85. The number of rotatable bonds is 6. The topological polar surface area (TPSA) is 89.2 Å². The lowest BCUT2D eigenvalue weighted by molar-refractivity contribution is -0.143. The fourth-order valence-electron chi connectivity index (χ4n) is 2.26. The summed E-state index contributed by atoms with van der Waals surface area (Å²) in [5, 5.41) is 12.9. The van der Waals surface area contributed by atoms with Crippen molar-refractivity contribution >= 4 is 29.1 Å². The largest absolute Gasteiger partial charge is 0.469 e. The van der Waals surface area contributed by atoms with Crippen LogP contribution in [0.15, 0.2) is 40.6 Å². The van der Waals surface area contributed by atoms with Crippen LogP contribution in [0.1, 0.15) is 19.0 Å². The Morgan fingerprint density at radius 2 is 1.92 bits per heavy atom. The molecule has 0 saturated carbocycles. The first kappa shape index (κ1) is 18.3. The van der Waals surface area contributed by atoms with Crippen LogP contribution in [0, 0.1) is 6.92 Å². The zero-order valence-electron chi connectivity index (χ0n) is 14.8. The highest BCUT2D eigenvalue weighted by Gasteiger charge is 2.24. The Bertz CT molecular complexity index is 783. The smallest absolute Gasteiger partial charge is 0.315 e. The quantitative estimate of drug-likeness (QED) is 0.458. The molecule has 0 fully saturated rings. The molecule has 0 unspecified atom stereocenters. The van der Waals surface area contributed by atoms with Gasteiger partial charge in [0, 0.05) is 13.6 Å². The molecule has 0 bridgehead atoms. The van der Waals surface area contributed by atoms with Crippen LogP contribution in [-0.2, 0) is 20.9 Å². The number of anilines is 1. The van der Waals surface area contributed by atoms with E-state index in [2.05, 4.69) is 20.1 Å². The summed E-state index contributed by atoms with van der Waals surface area (Å²) in [4.78, 5) is 25.1. The molecule has 0 N–H and O–H groups in total. The predicted octanol–water partition coefficient (Wildman–Crippen LogP) is 3.15. The molecule has 8 heteroatoms. The van der Waals surface area contributed by atoms with Gasteiger partial charge in [0.25, 0.3) is 0 Å². The van der Waals surface area contributed by atoms with E-state index in [0.717, 1.165) is 0 Å². The van der Waals surface area contributed by atoms with E-state index in [0.29, 0.717) is 29.4 Å². The van der Waals surface area contributed by atoms with Crippen LogP contribution >= 0.6 is 0 Å². The minimum absolute atomic E-state index is 0.351. The van der Waals surface area contributed by atoms with Crippen LogP contribution in [0.3, 0.4) is 0 Å². The van der Waals surface area contributed by atoms with Crippen LogP contribution in [0.4, 0.5) is 17.2 Å². The van der Waals surface area contributed by atoms with E-state index >= 15 is 0 Å². The standard InChI is InChI=1S/C17H21N5O3/c1-5-22-17(21(3)14(23)11-15(24)25-4)16(12(2)20-22)19-18-13-9-7-6-8-10-13/h6-10H,5,11H2,1-4H3. The van der Waals surface area contributed by atoms with E-state index in [9.17, 15) is 9.59 Å². The lowest BCUT2D eigenvalue weighted by atomic mass is 10.3. The van der Waals surface area contributed by atoms with Crippen LogP contribution in [0.5, 0.6) is 0 Å². The SMILES string of the molecule is CCn1nc(C)c(N=Nc2ccccc2)c1N(C)C(=O)CC(=O)OC. The third kappa shape index (κ3) is 4.28. The average molecular weight is 343 g/mol. The van der Waals surface area contributed by atoms with Gasteiger partial charge >= 0.3 is 5.97 Å². The number of nitrogens with zero attached hydrogens (tertiary/aromatic N) is 5. The van der Waals surface area contributed by atoms with Gasteiger partial charge in [-0.25, -0.2) is 4.68 Å². The molecule has 0 saturated heterocycles. The monoisotopic (exact) mass is 343 g/mol. The van der Waals surface area contributed by atoms with Crippen molar-refractivity contribution in [2.24, 2.45) is 10.2 Å². The number of aromatic nitrogens is 2. The van der Waals surface area contributed by atoms with Crippen molar-refractivity contribution in [3.8, 4) is 0 Å². The van der Waals surface area contributed by atoms with Gasteiger partial charge < -0.3 is 4.74 Å². The molecule has 0 spiro atoms. The number of azo groups is 1. The van der Waals surface area contributed by atoms with Gasteiger partial charge in [0.15, 0.2) is 11.5 Å². The highest BCUT2D eigenvalue weighted by atomic mass is 16.5. The summed E-state index contributed by atoms with van der Waals surface area (Å²) in [6.45, 7) is 4.26. The number of amides is 1. The van der Waals surface area contributed by atoms with Gasteiger partial charge in [-0.1, -0.05) is 18.2 Å². The Balaban J connectivity index is 2.37. The number of carbonyl (C=O) groups excluding carboxylic acids is 2. The Morgan fingerprint density at radius 1 is 1.24 bits per heavy atom. The van der Waals surface area contributed by atoms with Crippen molar-refractivity contribution < 1.29 is 14.3 Å². The molecule has 0 radical (unpaired) electrons. The number of aryl methyl sites for hydroxylation is 2. The lowest BCUT2D eigenvalue weighted by Crippen LogP contribution is -2.30. The molecule has 1 amide bonds. The minimum atomic E-state index is -0.594. The molecule has 0 atom stereocenters. The normalized spacial score (nSPS) is 10.9. The second-order valence-electron chi connectivity index (χ2n) is 5.31. The van der Waals surface area contributed by atoms with Crippen molar-refractivity contribution in [3.63, 3.8) is 0 Å². The maximum atomic E-state index is 12.3. The molecule has 25 heavy (non-hydrogen) atoms. The molecule has 0 aliphatic heterocycles. The molecular weight excluding hydrogens is 322 g/mol. The van der Waals surface area contributed by atoms with Crippen molar-refractivity contribution in [2.75, 3.05) is 19.1 Å². The number of esters is 1. The number of carbonyl (C=O) groups is 2. The highest BCUT2D eigenvalue weighted by Crippen LogP contribution is 2.33. The summed E-state index contributed by atoms with van der Waals surface area (Å²) in [6.07, 6.45) is -0.351. The van der Waals surface area contributed by atoms with E-state index in [1.807, 2.05) is 37.3 Å². The molecule has 132 valence electrons. The summed E-state index contributed by atoms with van der Waals surface area (Å²) in [7, 11) is 2.82. The highest BCUT2D eigenvalue weighted by molar-refractivity contribution is 6.04. The Labute approximate surface area is 146 Å². The predicted molar refractivity (Wildman–Crippen MR) is 93.3 cm³/mol. The van der Waals surface area contributed by atoms with Gasteiger partial charge in [-0.3, -0.25) is 14.5 Å². The van der Waals surface area contributed by atoms with Gasteiger partial charge in [0.2, 0.25) is 5.91 Å². The van der Waals surface area contributed by atoms with Gasteiger partial charge in [-0.2, -0.15) is 10.2 Å². The number of hydrogen-bond donors (Lipinski definition) is 0. The second-order valence-corrected chi connectivity index (χ2v) is 5.31. The molecule has 1 aromatic carbocycles. The van der Waals surface area contributed by atoms with Gasteiger partial charge in [0.1, 0.15) is 6.42 Å². The molecular formula is C17H21N5O3. The molecule has 8 nitrogen and oxygen atoms in total. The van der Waals surface area contributed by atoms with Gasteiger partial charge in [0.05, 0.1) is 18.5 Å². The van der Waals surface area contributed by atoms with E-state index in [1.54, 1.807) is 18.7 Å². The summed E-state index contributed by atoms with van der Waals surface area (Å²) >= 11 is 0. The van der Waals surface area contributed by atoms with Crippen molar-refractivity contribution in [3.05, 3.63) is 36.0 Å². The fourth-order valence-corrected chi connectivity index (χ4v) is 2.26. The van der Waals surface area contributed by atoms with Crippen LogP contribution < -0.4 is 4.90 Å². The lowest BCUT2D eigenvalue weighted by Gasteiger charge is -2.18. The molecule has 0 aliphatic rings. The van der Waals surface area contributed by atoms with Crippen LogP contribution in [0.25, 0.3) is 0 Å². The molecule has 1 heterocycles.